The van der Waals surface area contributed by atoms with Crippen molar-refractivity contribution in [1.82, 2.24) is 29.7 Å². The Balaban J connectivity index is 1.10. The molecule has 0 spiro atoms. The van der Waals surface area contributed by atoms with Crippen molar-refractivity contribution >= 4 is 0 Å². The van der Waals surface area contributed by atoms with Crippen molar-refractivity contribution in [2.45, 2.75) is 51.1 Å². The zero-order valence-corrected chi connectivity index (χ0v) is 15.6. The SMILES string of the molecule is O=c1cc2c(nn1CCN1CCN(Cc3noc(C4CC4)n3)CC1)CCC2. The van der Waals surface area contributed by atoms with Crippen LogP contribution in [0.2, 0.25) is 0 Å². The highest BCUT2D eigenvalue weighted by Crippen LogP contribution is 2.38. The second-order valence-electron chi connectivity index (χ2n) is 7.97. The van der Waals surface area contributed by atoms with E-state index >= 15 is 0 Å². The molecule has 5 rings (SSSR count). The third-order valence-electron chi connectivity index (χ3n) is 5.89. The van der Waals surface area contributed by atoms with Crippen molar-refractivity contribution in [2.24, 2.45) is 0 Å². The highest BCUT2D eigenvalue weighted by atomic mass is 16.5. The smallest absolute Gasteiger partial charge is 0.267 e. The third-order valence-corrected chi connectivity index (χ3v) is 5.89. The summed E-state index contributed by atoms with van der Waals surface area (Å²) < 4.78 is 6.99. The Morgan fingerprint density at radius 1 is 1.07 bits per heavy atom. The van der Waals surface area contributed by atoms with Crippen LogP contribution in [0.3, 0.4) is 0 Å². The molecule has 0 N–H and O–H groups in total. The molecule has 8 nitrogen and oxygen atoms in total. The second-order valence-corrected chi connectivity index (χ2v) is 7.97. The Labute approximate surface area is 158 Å². The summed E-state index contributed by atoms with van der Waals surface area (Å²) in [4.78, 5) is 21.5. The van der Waals surface area contributed by atoms with Crippen molar-refractivity contribution in [1.29, 1.82) is 0 Å². The minimum Gasteiger partial charge on any atom is -0.339 e. The molecule has 27 heavy (non-hydrogen) atoms. The van der Waals surface area contributed by atoms with Gasteiger partial charge in [0.05, 0.1) is 18.8 Å². The van der Waals surface area contributed by atoms with Gasteiger partial charge in [-0.1, -0.05) is 5.16 Å². The van der Waals surface area contributed by atoms with E-state index in [0.717, 1.165) is 81.5 Å². The lowest BCUT2D eigenvalue weighted by molar-refractivity contribution is 0.120. The van der Waals surface area contributed by atoms with Crippen molar-refractivity contribution in [3.63, 3.8) is 0 Å². The van der Waals surface area contributed by atoms with Gasteiger partial charge in [-0.3, -0.25) is 14.6 Å². The molecule has 0 aromatic carbocycles. The van der Waals surface area contributed by atoms with Gasteiger partial charge in [-0.05, 0) is 37.7 Å². The van der Waals surface area contributed by atoms with E-state index in [2.05, 4.69) is 25.0 Å². The van der Waals surface area contributed by atoms with Gasteiger partial charge in [0.1, 0.15) is 0 Å². The summed E-state index contributed by atoms with van der Waals surface area (Å²) in [5.41, 5.74) is 2.30. The Kier molecular flexibility index (Phi) is 4.53. The third kappa shape index (κ3) is 3.82. The first-order valence-corrected chi connectivity index (χ1v) is 10.1. The minimum absolute atomic E-state index is 0.0397. The second kappa shape index (κ2) is 7.16. The van der Waals surface area contributed by atoms with Gasteiger partial charge >= 0.3 is 0 Å². The van der Waals surface area contributed by atoms with Crippen LogP contribution in [0, 0.1) is 0 Å². The predicted octanol–water partition coefficient (Wildman–Crippen LogP) is 0.810. The van der Waals surface area contributed by atoms with Crippen LogP contribution in [0.5, 0.6) is 0 Å². The number of hydrogen-bond donors (Lipinski definition) is 0. The highest BCUT2D eigenvalue weighted by molar-refractivity contribution is 5.22. The average molecular weight is 370 g/mol. The van der Waals surface area contributed by atoms with Crippen LogP contribution >= 0.6 is 0 Å². The molecule has 2 aromatic heterocycles. The molecular weight excluding hydrogens is 344 g/mol. The van der Waals surface area contributed by atoms with E-state index in [-0.39, 0.29) is 5.56 Å². The van der Waals surface area contributed by atoms with Gasteiger partial charge in [-0.25, -0.2) is 4.68 Å². The molecule has 144 valence electrons. The monoisotopic (exact) mass is 370 g/mol. The number of aryl methyl sites for hydroxylation is 2. The normalized spacial score (nSPS) is 20.9. The van der Waals surface area contributed by atoms with Crippen LogP contribution < -0.4 is 5.56 Å². The van der Waals surface area contributed by atoms with E-state index in [0.29, 0.717) is 12.5 Å². The Morgan fingerprint density at radius 2 is 1.89 bits per heavy atom. The Bertz CT molecular complexity index is 863. The summed E-state index contributed by atoms with van der Waals surface area (Å²) in [6, 6.07) is 1.79. The standard InChI is InChI=1S/C19H26N6O2/c26-18-12-15-2-1-3-16(15)21-25(18)11-10-23-6-8-24(9-7-23)13-17-20-19(27-22-17)14-4-5-14/h12,14H,1-11,13H2. The summed E-state index contributed by atoms with van der Waals surface area (Å²) in [6.45, 7) is 6.25. The molecule has 1 aliphatic heterocycles. The molecule has 0 radical (unpaired) electrons. The predicted molar refractivity (Wildman–Crippen MR) is 98.5 cm³/mol. The molecule has 0 bridgehead atoms. The molecule has 2 fully saturated rings. The van der Waals surface area contributed by atoms with E-state index < -0.39 is 0 Å². The van der Waals surface area contributed by atoms with E-state index in [1.54, 1.807) is 10.7 Å². The summed E-state index contributed by atoms with van der Waals surface area (Å²) in [5.74, 6) is 2.13. The molecule has 8 heteroatoms. The van der Waals surface area contributed by atoms with E-state index in [4.69, 9.17) is 4.52 Å². The van der Waals surface area contributed by atoms with Gasteiger partial charge in [-0.2, -0.15) is 10.1 Å². The van der Waals surface area contributed by atoms with Crippen LogP contribution in [0.15, 0.2) is 15.4 Å². The number of rotatable bonds is 6. The van der Waals surface area contributed by atoms with Gasteiger partial charge in [0.25, 0.3) is 5.56 Å². The molecule has 2 aromatic rings. The zero-order valence-electron chi connectivity index (χ0n) is 15.6. The summed E-state index contributed by atoms with van der Waals surface area (Å²) >= 11 is 0. The van der Waals surface area contributed by atoms with Crippen molar-refractivity contribution in [3.8, 4) is 0 Å². The van der Waals surface area contributed by atoms with E-state index in [1.807, 2.05) is 0 Å². The lowest BCUT2D eigenvalue weighted by Crippen LogP contribution is -2.47. The van der Waals surface area contributed by atoms with Crippen molar-refractivity contribution in [3.05, 3.63) is 39.4 Å². The number of piperazine rings is 1. The fraction of sp³-hybridized carbons (Fsp3) is 0.684. The number of hydrogen-bond acceptors (Lipinski definition) is 7. The molecule has 1 saturated heterocycles. The number of aromatic nitrogens is 4. The van der Waals surface area contributed by atoms with Crippen LogP contribution in [0.1, 0.15) is 48.2 Å². The molecule has 0 amide bonds. The molecule has 0 atom stereocenters. The first-order chi connectivity index (χ1) is 13.2. The van der Waals surface area contributed by atoms with Gasteiger partial charge in [0, 0.05) is 44.7 Å². The Hall–Kier alpha value is -2.06. The summed E-state index contributed by atoms with van der Waals surface area (Å²) in [6.07, 6.45) is 5.50. The van der Waals surface area contributed by atoms with Crippen molar-refractivity contribution < 1.29 is 4.52 Å². The van der Waals surface area contributed by atoms with Crippen LogP contribution in [0.4, 0.5) is 0 Å². The van der Waals surface area contributed by atoms with E-state index in [1.165, 1.54) is 12.8 Å². The lowest BCUT2D eigenvalue weighted by Gasteiger charge is -2.33. The highest BCUT2D eigenvalue weighted by Gasteiger charge is 2.30. The van der Waals surface area contributed by atoms with Crippen molar-refractivity contribution in [2.75, 3.05) is 32.7 Å². The van der Waals surface area contributed by atoms with Gasteiger partial charge in [0.2, 0.25) is 5.89 Å². The first-order valence-electron chi connectivity index (χ1n) is 10.1. The maximum atomic E-state index is 12.2. The summed E-state index contributed by atoms with van der Waals surface area (Å²) in [7, 11) is 0. The summed E-state index contributed by atoms with van der Waals surface area (Å²) in [5, 5.41) is 8.69. The fourth-order valence-corrected chi connectivity index (χ4v) is 4.03. The molecule has 2 aliphatic carbocycles. The van der Waals surface area contributed by atoms with Crippen LogP contribution in [0.25, 0.3) is 0 Å². The number of nitrogens with zero attached hydrogens (tertiary/aromatic N) is 6. The van der Waals surface area contributed by atoms with E-state index in [9.17, 15) is 4.79 Å². The topological polar surface area (TPSA) is 80.3 Å². The maximum Gasteiger partial charge on any atom is 0.267 e. The quantitative estimate of drug-likeness (QED) is 0.744. The van der Waals surface area contributed by atoms with Crippen LogP contribution in [-0.2, 0) is 25.9 Å². The molecule has 0 unspecified atom stereocenters. The largest absolute Gasteiger partial charge is 0.339 e. The fourth-order valence-electron chi connectivity index (χ4n) is 4.03. The van der Waals surface area contributed by atoms with Gasteiger partial charge in [0.15, 0.2) is 5.82 Å². The number of fused-ring (bicyclic) bond motifs is 1. The molecule has 3 aliphatic rings. The molecule has 1 saturated carbocycles. The van der Waals surface area contributed by atoms with Gasteiger partial charge < -0.3 is 4.52 Å². The zero-order chi connectivity index (χ0) is 18.2. The average Bonchev–Trinajstić information content (AvgIpc) is 3.26. The molecular formula is C19H26N6O2. The minimum atomic E-state index is 0.0397. The Morgan fingerprint density at radius 3 is 2.70 bits per heavy atom. The van der Waals surface area contributed by atoms with Crippen LogP contribution in [-0.4, -0.2) is 62.4 Å². The van der Waals surface area contributed by atoms with Gasteiger partial charge in [-0.15, -0.1) is 0 Å². The first kappa shape index (κ1) is 17.1. The lowest BCUT2D eigenvalue weighted by atomic mass is 10.2. The maximum absolute atomic E-state index is 12.2. The molecule has 3 heterocycles.